The van der Waals surface area contributed by atoms with E-state index in [1.807, 2.05) is 72.8 Å². The van der Waals surface area contributed by atoms with Gasteiger partial charge < -0.3 is 29.4 Å². The van der Waals surface area contributed by atoms with Gasteiger partial charge in [0.25, 0.3) is 0 Å². The maximum Gasteiger partial charge on any atom is 0.328 e. The lowest BCUT2D eigenvalue weighted by atomic mass is 9.79. The number of ether oxygens (including phenoxy) is 4. The molecule has 3 aromatic rings. The van der Waals surface area contributed by atoms with Gasteiger partial charge in [-0.15, -0.1) is 0 Å². The Morgan fingerprint density at radius 3 is 1.63 bits per heavy atom. The van der Waals surface area contributed by atoms with Crippen molar-refractivity contribution in [2.45, 2.75) is 30.4 Å². The normalized spacial score (nSPS) is 17.4. The van der Waals surface area contributed by atoms with Crippen LogP contribution in [0.3, 0.4) is 0 Å². The van der Waals surface area contributed by atoms with Crippen LogP contribution in [-0.4, -0.2) is 51.1 Å². The third kappa shape index (κ3) is 5.85. The number of hydrogen-bond acceptors (Lipinski definition) is 6. The number of hydrogen-bond donors (Lipinski definition) is 2. The minimum absolute atomic E-state index is 0.376. The molecule has 0 amide bonds. The molecule has 1 atom stereocenters. The van der Waals surface area contributed by atoms with E-state index < -0.39 is 17.1 Å². The SMILES string of the molecule is COc1ccc(C(OCC[C@@]2(/C=C/C(=O)O)CCCN2)(c2ccc(OC)cc2)c2ccc(OC)cc2)cc1. The zero-order valence-corrected chi connectivity index (χ0v) is 22.1. The van der Waals surface area contributed by atoms with Crippen LogP contribution in [-0.2, 0) is 15.1 Å². The van der Waals surface area contributed by atoms with Crippen LogP contribution in [0.15, 0.2) is 84.9 Å². The Labute approximate surface area is 224 Å². The zero-order chi connectivity index (χ0) is 27.0. The van der Waals surface area contributed by atoms with E-state index in [0.29, 0.717) is 13.0 Å². The van der Waals surface area contributed by atoms with Gasteiger partial charge in [-0.25, -0.2) is 4.79 Å². The Morgan fingerprint density at radius 1 is 0.842 bits per heavy atom. The molecule has 7 heteroatoms. The number of carbonyl (C=O) groups is 1. The van der Waals surface area contributed by atoms with Crippen LogP contribution in [0.2, 0.25) is 0 Å². The van der Waals surface area contributed by atoms with Gasteiger partial charge in [-0.3, -0.25) is 0 Å². The van der Waals surface area contributed by atoms with Crippen molar-refractivity contribution in [2.75, 3.05) is 34.5 Å². The van der Waals surface area contributed by atoms with Gasteiger partial charge >= 0.3 is 5.97 Å². The van der Waals surface area contributed by atoms with Crippen molar-refractivity contribution in [3.8, 4) is 17.2 Å². The van der Waals surface area contributed by atoms with Crippen LogP contribution >= 0.6 is 0 Å². The van der Waals surface area contributed by atoms with Crippen molar-refractivity contribution in [2.24, 2.45) is 0 Å². The Bertz CT molecular complexity index is 1100. The molecule has 1 aliphatic heterocycles. The zero-order valence-electron chi connectivity index (χ0n) is 22.1. The average Bonchev–Trinajstić information content (AvgIpc) is 3.44. The molecule has 0 bridgehead atoms. The molecular weight excluding hydrogens is 482 g/mol. The van der Waals surface area contributed by atoms with Crippen LogP contribution in [0.4, 0.5) is 0 Å². The Hall–Kier alpha value is -3.81. The topological polar surface area (TPSA) is 86.3 Å². The van der Waals surface area contributed by atoms with E-state index in [1.54, 1.807) is 27.4 Å². The molecule has 38 heavy (non-hydrogen) atoms. The molecule has 200 valence electrons. The summed E-state index contributed by atoms with van der Waals surface area (Å²) in [6.07, 6.45) is 5.43. The highest BCUT2D eigenvalue weighted by Gasteiger charge is 2.39. The fraction of sp³-hybridized carbons (Fsp3) is 0.323. The first-order chi connectivity index (χ1) is 18.4. The van der Waals surface area contributed by atoms with Crippen LogP contribution in [0.1, 0.15) is 36.0 Å². The number of carboxylic acid groups (broad SMARTS) is 1. The molecule has 1 aliphatic rings. The maximum absolute atomic E-state index is 11.3. The molecule has 0 spiro atoms. The monoisotopic (exact) mass is 517 g/mol. The molecule has 1 fully saturated rings. The molecule has 0 unspecified atom stereocenters. The van der Waals surface area contributed by atoms with Crippen molar-refractivity contribution < 1.29 is 28.8 Å². The van der Waals surface area contributed by atoms with Gasteiger partial charge in [0.1, 0.15) is 22.8 Å². The third-order valence-electron chi connectivity index (χ3n) is 7.18. The summed E-state index contributed by atoms with van der Waals surface area (Å²) in [6, 6.07) is 23.7. The lowest BCUT2D eigenvalue weighted by Crippen LogP contribution is -2.41. The van der Waals surface area contributed by atoms with Crippen molar-refractivity contribution in [1.29, 1.82) is 0 Å². The highest BCUT2D eigenvalue weighted by Crippen LogP contribution is 2.43. The van der Waals surface area contributed by atoms with Crippen LogP contribution in [0, 0.1) is 0 Å². The molecule has 7 nitrogen and oxygen atoms in total. The average molecular weight is 518 g/mol. The first kappa shape index (κ1) is 27.2. The van der Waals surface area contributed by atoms with Gasteiger partial charge in [0.2, 0.25) is 0 Å². The van der Waals surface area contributed by atoms with E-state index in [0.717, 1.165) is 53.3 Å². The smallest absolute Gasteiger partial charge is 0.328 e. The van der Waals surface area contributed by atoms with E-state index >= 15 is 0 Å². The largest absolute Gasteiger partial charge is 0.497 e. The van der Waals surface area contributed by atoms with Gasteiger partial charge in [0.05, 0.1) is 27.9 Å². The summed E-state index contributed by atoms with van der Waals surface area (Å²) in [6.45, 7) is 1.21. The van der Waals surface area contributed by atoms with Crippen molar-refractivity contribution in [1.82, 2.24) is 5.32 Å². The van der Waals surface area contributed by atoms with E-state index in [1.165, 1.54) is 6.08 Å². The molecule has 3 aromatic carbocycles. The van der Waals surface area contributed by atoms with Gasteiger partial charge in [0, 0.05) is 11.6 Å². The van der Waals surface area contributed by atoms with Crippen molar-refractivity contribution >= 4 is 5.97 Å². The molecule has 0 aromatic heterocycles. The summed E-state index contributed by atoms with van der Waals surface area (Å²) in [5.74, 6) is 1.29. The highest BCUT2D eigenvalue weighted by molar-refractivity contribution is 5.80. The molecule has 0 radical (unpaired) electrons. The highest BCUT2D eigenvalue weighted by atomic mass is 16.5. The Kier molecular flexibility index (Phi) is 8.71. The quantitative estimate of drug-likeness (QED) is 0.253. The molecule has 1 saturated heterocycles. The van der Waals surface area contributed by atoms with E-state index in [4.69, 9.17) is 18.9 Å². The number of benzene rings is 3. The van der Waals surface area contributed by atoms with Gasteiger partial charge in [-0.05, 0) is 78.9 Å². The fourth-order valence-electron chi connectivity index (χ4n) is 5.11. The first-order valence-corrected chi connectivity index (χ1v) is 12.7. The number of rotatable bonds is 12. The van der Waals surface area contributed by atoms with E-state index in [2.05, 4.69) is 5.32 Å². The number of aliphatic carboxylic acids is 1. The van der Waals surface area contributed by atoms with E-state index in [-0.39, 0.29) is 0 Å². The predicted octanol–water partition coefficient (Wildman–Crippen LogP) is 5.17. The minimum atomic E-state index is -0.957. The molecule has 0 saturated carbocycles. The fourth-order valence-corrected chi connectivity index (χ4v) is 5.11. The second-order valence-electron chi connectivity index (χ2n) is 9.32. The summed E-state index contributed by atoms with van der Waals surface area (Å²) < 4.78 is 23.2. The molecule has 4 rings (SSSR count). The summed E-state index contributed by atoms with van der Waals surface area (Å²) in [4.78, 5) is 11.3. The van der Waals surface area contributed by atoms with Gasteiger partial charge in [-0.2, -0.15) is 0 Å². The van der Waals surface area contributed by atoms with Gasteiger partial charge in [0.15, 0.2) is 0 Å². The predicted molar refractivity (Wildman–Crippen MR) is 146 cm³/mol. The standard InChI is InChI=1S/C31H35NO6/c1-35-26-11-5-23(6-12-26)31(24-7-13-27(36-2)14-8-24,25-9-15-28(37-3)16-10-25)38-22-20-30(18-4-21-32-30)19-17-29(33)34/h5-17,19,32H,4,18,20-22H2,1-3H3,(H,33,34)/b19-17+/t30-/m0/s1. The van der Waals surface area contributed by atoms with Gasteiger partial charge in [-0.1, -0.05) is 42.5 Å². The molecule has 1 heterocycles. The number of carboxylic acids is 1. The van der Waals surface area contributed by atoms with Crippen LogP contribution in [0.25, 0.3) is 0 Å². The third-order valence-corrected chi connectivity index (χ3v) is 7.18. The first-order valence-electron chi connectivity index (χ1n) is 12.7. The summed E-state index contributed by atoms with van der Waals surface area (Å²) >= 11 is 0. The lowest BCUT2D eigenvalue weighted by Gasteiger charge is -2.37. The molecule has 0 aliphatic carbocycles. The van der Waals surface area contributed by atoms with Crippen molar-refractivity contribution in [3.63, 3.8) is 0 Å². The van der Waals surface area contributed by atoms with Crippen LogP contribution < -0.4 is 19.5 Å². The summed E-state index contributed by atoms with van der Waals surface area (Å²) in [5, 5.41) is 12.7. The van der Waals surface area contributed by atoms with Crippen LogP contribution in [0.5, 0.6) is 17.2 Å². The number of methoxy groups -OCH3 is 3. The summed E-state index contributed by atoms with van der Waals surface area (Å²) in [7, 11) is 4.93. The molecular formula is C31H35NO6. The summed E-state index contributed by atoms with van der Waals surface area (Å²) in [5.41, 5.74) is 1.42. The maximum atomic E-state index is 11.3. The Morgan fingerprint density at radius 2 is 1.29 bits per heavy atom. The number of nitrogens with one attached hydrogen (secondary N) is 1. The second kappa shape index (κ2) is 12.2. The lowest BCUT2D eigenvalue weighted by molar-refractivity contribution is -0.131. The molecule has 2 N–H and O–H groups in total. The minimum Gasteiger partial charge on any atom is -0.497 e. The Balaban J connectivity index is 1.80. The van der Waals surface area contributed by atoms with E-state index in [9.17, 15) is 9.90 Å². The van der Waals surface area contributed by atoms with Crippen molar-refractivity contribution in [3.05, 3.63) is 102 Å². The second-order valence-corrected chi connectivity index (χ2v) is 9.32.